The van der Waals surface area contributed by atoms with E-state index in [2.05, 4.69) is 16.5 Å². The molecule has 1 unspecified atom stereocenters. The van der Waals surface area contributed by atoms with Crippen molar-refractivity contribution in [1.29, 1.82) is 0 Å². The Bertz CT molecular complexity index is 385. The number of aryl methyl sites for hydroxylation is 1. The van der Waals surface area contributed by atoms with Crippen molar-refractivity contribution >= 4 is 0 Å². The maximum absolute atomic E-state index is 4.77. The standard InChI is InChI=1S/C13H19N3/c1-14-7-10-3-2-4-12-11(10)8-15-13(16-12)9-5-6-9/h8-10,14H,2-7H2,1H3. The number of hydrogen-bond acceptors (Lipinski definition) is 3. The van der Waals surface area contributed by atoms with Gasteiger partial charge in [0, 0.05) is 24.4 Å². The fraction of sp³-hybridized carbons (Fsp3) is 0.692. The Balaban J connectivity index is 1.89. The van der Waals surface area contributed by atoms with Crippen molar-refractivity contribution in [1.82, 2.24) is 15.3 Å². The van der Waals surface area contributed by atoms with Crippen LogP contribution in [0.3, 0.4) is 0 Å². The molecule has 0 aromatic carbocycles. The molecule has 3 rings (SSSR count). The monoisotopic (exact) mass is 217 g/mol. The van der Waals surface area contributed by atoms with Crippen LogP contribution >= 0.6 is 0 Å². The number of nitrogens with zero attached hydrogens (tertiary/aromatic N) is 2. The maximum atomic E-state index is 4.77. The van der Waals surface area contributed by atoms with Gasteiger partial charge in [-0.1, -0.05) is 0 Å². The molecule has 3 heteroatoms. The van der Waals surface area contributed by atoms with Gasteiger partial charge in [-0.05, 0) is 50.6 Å². The highest BCUT2D eigenvalue weighted by Gasteiger charge is 2.29. The van der Waals surface area contributed by atoms with Crippen LogP contribution in [0.25, 0.3) is 0 Å². The predicted octanol–water partition coefficient (Wildman–Crippen LogP) is 1.99. The summed E-state index contributed by atoms with van der Waals surface area (Å²) in [7, 11) is 2.02. The molecule has 1 saturated carbocycles. The molecule has 0 saturated heterocycles. The SMILES string of the molecule is CNCC1CCCc2nc(C3CC3)ncc21. The minimum absolute atomic E-state index is 0.627. The Morgan fingerprint density at radius 3 is 3.00 bits per heavy atom. The lowest BCUT2D eigenvalue weighted by Gasteiger charge is -2.24. The summed E-state index contributed by atoms with van der Waals surface area (Å²) in [4.78, 5) is 9.32. The minimum atomic E-state index is 0.627. The summed E-state index contributed by atoms with van der Waals surface area (Å²) in [5.41, 5.74) is 2.72. The Kier molecular flexibility index (Phi) is 2.64. The first-order valence-electron chi connectivity index (χ1n) is 6.39. The maximum Gasteiger partial charge on any atom is 0.131 e. The molecule has 1 aromatic heterocycles. The van der Waals surface area contributed by atoms with Gasteiger partial charge < -0.3 is 5.32 Å². The lowest BCUT2D eigenvalue weighted by atomic mass is 9.86. The fourth-order valence-corrected chi connectivity index (χ4v) is 2.65. The number of aromatic nitrogens is 2. The summed E-state index contributed by atoms with van der Waals surface area (Å²) in [5.74, 6) is 2.40. The first-order chi connectivity index (χ1) is 7.88. The molecule has 16 heavy (non-hydrogen) atoms. The highest BCUT2D eigenvalue weighted by molar-refractivity contribution is 5.26. The van der Waals surface area contributed by atoms with Crippen LogP contribution in [-0.4, -0.2) is 23.6 Å². The summed E-state index contributed by atoms with van der Waals surface area (Å²) < 4.78 is 0. The molecule has 86 valence electrons. The highest BCUT2D eigenvalue weighted by Crippen LogP contribution is 2.39. The lowest BCUT2D eigenvalue weighted by Crippen LogP contribution is -2.22. The fourth-order valence-electron chi connectivity index (χ4n) is 2.65. The molecule has 0 radical (unpaired) electrons. The largest absolute Gasteiger partial charge is 0.319 e. The van der Waals surface area contributed by atoms with Crippen molar-refractivity contribution in [2.45, 2.75) is 43.9 Å². The summed E-state index contributed by atoms with van der Waals surface area (Å²) >= 11 is 0. The zero-order valence-corrected chi connectivity index (χ0v) is 9.87. The summed E-state index contributed by atoms with van der Waals surface area (Å²) in [6, 6.07) is 0. The molecule has 1 atom stereocenters. The molecular formula is C13H19N3. The van der Waals surface area contributed by atoms with E-state index in [0.717, 1.165) is 18.8 Å². The van der Waals surface area contributed by atoms with E-state index in [1.807, 2.05) is 7.05 Å². The average molecular weight is 217 g/mol. The topological polar surface area (TPSA) is 37.8 Å². The first kappa shape index (κ1) is 10.2. The van der Waals surface area contributed by atoms with Crippen molar-refractivity contribution < 1.29 is 0 Å². The molecule has 3 nitrogen and oxygen atoms in total. The van der Waals surface area contributed by atoms with Gasteiger partial charge in [0.25, 0.3) is 0 Å². The summed E-state index contributed by atoms with van der Waals surface area (Å²) in [6.07, 6.45) is 8.38. The van der Waals surface area contributed by atoms with Crippen LogP contribution < -0.4 is 5.32 Å². The van der Waals surface area contributed by atoms with E-state index in [1.54, 1.807) is 0 Å². The van der Waals surface area contributed by atoms with E-state index in [1.165, 1.54) is 36.9 Å². The smallest absolute Gasteiger partial charge is 0.131 e. The van der Waals surface area contributed by atoms with Crippen molar-refractivity contribution in [2.24, 2.45) is 0 Å². The second-order valence-electron chi connectivity index (χ2n) is 5.05. The molecule has 1 fully saturated rings. The van der Waals surface area contributed by atoms with E-state index >= 15 is 0 Å². The van der Waals surface area contributed by atoms with Crippen LogP contribution in [0, 0.1) is 0 Å². The molecule has 0 aliphatic heterocycles. The molecule has 2 aliphatic rings. The van der Waals surface area contributed by atoms with Crippen LogP contribution in [0.5, 0.6) is 0 Å². The molecular weight excluding hydrogens is 198 g/mol. The number of fused-ring (bicyclic) bond motifs is 1. The number of likely N-dealkylation sites (N-methyl/N-ethyl adjacent to an activating group) is 1. The van der Waals surface area contributed by atoms with Crippen LogP contribution in [-0.2, 0) is 6.42 Å². The van der Waals surface area contributed by atoms with E-state index in [9.17, 15) is 0 Å². The molecule has 2 aliphatic carbocycles. The Hall–Kier alpha value is -0.960. The molecule has 1 N–H and O–H groups in total. The highest BCUT2D eigenvalue weighted by atomic mass is 14.9. The Morgan fingerprint density at radius 2 is 2.25 bits per heavy atom. The molecule has 0 spiro atoms. The van der Waals surface area contributed by atoms with Gasteiger partial charge in [-0.3, -0.25) is 0 Å². The van der Waals surface area contributed by atoms with Gasteiger partial charge >= 0.3 is 0 Å². The second kappa shape index (κ2) is 4.13. The van der Waals surface area contributed by atoms with Crippen LogP contribution in [0.15, 0.2) is 6.20 Å². The van der Waals surface area contributed by atoms with E-state index in [0.29, 0.717) is 11.8 Å². The van der Waals surface area contributed by atoms with E-state index in [4.69, 9.17) is 4.98 Å². The van der Waals surface area contributed by atoms with Crippen molar-refractivity contribution in [3.63, 3.8) is 0 Å². The second-order valence-corrected chi connectivity index (χ2v) is 5.05. The third kappa shape index (κ3) is 1.84. The van der Waals surface area contributed by atoms with Gasteiger partial charge in [0.2, 0.25) is 0 Å². The number of hydrogen-bond donors (Lipinski definition) is 1. The molecule has 1 aromatic rings. The molecule has 0 amide bonds. The van der Waals surface area contributed by atoms with Crippen molar-refractivity contribution in [2.75, 3.05) is 13.6 Å². The van der Waals surface area contributed by atoms with Crippen LogP contribution in [0.1, 0.15) is 54.6 Å². The van der Waals surface area contributed by atoms with Crippen molar-refractivity contribution in [3.05, 3.63) is 23.3 Å². The molecule has 0 bridgehead atoms. The zero-order chi connectivity index (χ0) is 11.0. The minimum Gasteiger partial charge on any atom is -0.319 e. The first-order valence-corrected chi connectivity index (χ1v) is 6.39. The quantitative estimate of drug-likeness (QED) is 0.841. The summed E-state index contributed by atoms with van der Waals surface area (Å²) in [5, 5.41) is 3.27. The lowest BCUT2D eigenvalue weighted by molar-refractivity contribution is 0.516. The van der Waals surface area contributed by atoms with Gasteiger partial charge in [-0.15, -0.1) is 0 Å². The van der Waals surface area contributed by atoms with Gasteiger partial charge in [0.15, 0.2) is 0 Å². The normalized spacial score (nSPS) is 24.2. The van der Waals surface area contributed by atoms with Crippen LogP contribution in [0.4, 0.5) is 0 Å². The zero-order valence-electron chi connectivity index (χ0n) is 9.87. The average Bonchev–Trinajstić information content (AvgIpc) is 3.13. The summed E-state index contributed by atoms with van der Waals surface area (Å²) in [6.45, 7) is 1.05. The molecule has 1 heterocycles. The number of nitrogens with one attached hydrogen (secondary N) is 1. The third-order valence-electron chi connectivity index (χ3n) is 3.72. The van der Waals surface area contributed by atoms with Gasteiger partial charge in [0.05, 0.1) is 0 Å². The van der Waals surface area contributed by atoms with E-state index in [-0.39, 0.29) is 0 Å². The predicted molar refractivity (Wildman–Crippen MR) is 63.6 cm³/mol. The van der Waals surface area contributed by atoms with E-state index < -0.39 is 0 Å². The van der Waals surface area contributed by atoms with Gasteiger partial charge in [0.1, 0.15) is 5.82 Å². The van der Waals surface area contributed by atoms with Gasteiger partial charge in [-0.2, -0.15) is 0 Å². The van der Waals surface area contributed by atoms with Crippen molar-refractivity contribution in [3.8, 4) is 0 Å². The Morgan fingerprint density at radius 1 is 1.38 bits per heavy atom. The number of rotatable bonds is 3. The van der Waals surface area contributed by atoms with Gasteiger partial charge in [-0.25, -0.2) is 9.97 Å². The third-order valence-corrected chi connectivity index (χ3v) is 3.72. The van der Waals surface area contributed by atoms with Crippen LogP contribution in [0.2, 0.25) is 0 Å². The Labute approximate surface area is 96.7 Å².